The van der Waals surface area contributed by atoms with Gasteiger partial charge in [0.1, 0.15) is 5.58 Å². The number of aromatic nitrogens is 2. The first-order valence-corrected chi connectivity index (χ1v) is 9.30. The monoisotopic (exact) mass is 360 g/mol. The van der Waals surface area contributed by atoms with E-state index in [9.17, 15) is 0 Å². The summed E-state index contributed by atoms with van der Waals surface area (Å²) in [6, 6.07) is 27.5. The second kappa shape index (κ2) is 5.83. The summed E-state index contributed by atoms with van der Waals surface area (Å²) in [5.74, 6) is 0. The van der Waals surface area contributed by atoms with E-state index in [-0.39, 0.29) is 0 Å². The lowest BCUT2D eigenvalue weighted by Gasteiger charge is -2.09. The number of furan rings is 1. The molecule has 0 saturated heterocycles. The van der Waals surface area contributed by atoms with Crippen LogP contribution in [0.1, 0.15) is 0 Å². The van der Waals surface area contributed by atoms with Crippen molar-refractivity contribution in [1.29, 1.82) is 0 Å². The van der Waals surface area contributed by atoms with Crippen molar-refractivity contribution in [3.63, 3.8) is 0 Å². The number of hydrogen-bond donors (Lipinski definition) is 0. The molecule has 3 heteroatoms. The Balaban J connectivity index is 1.63. The fourth-order valence-electron chi connectivity index (χ4n) is 4.09. The van der Waals surface area contributed by atoms with Crippen LogP contribution in [0.2, 0.25) is 0 Å². The molecule has 28 heavy (non-hydrogen) atoms. The third kappa shape index (κ3) is 2.13. The molecule has 132 valence electrons. The molecule has 0 spiro atoms. The van der Waals surface area contributed by atoms with Crippen molar-refractivity contribution >= 4 is 32.8 Å². The summed E-state index contributed by atoms with van der Waals surface area (Å²) >= 11 is 0. The van der Waals surface area contributed by atoms with Gasteiger partial charge in [0.25, 0.3) is 0 Å². The molecular weight excluding hydrogens is 344 g/mol. The van der Waals surface area contributed by atoms with Gasteiger partial charge in [-0.05, 0) is 53.6 Å². The molecule has 6 rings (SSSR count). The molecule has 0 aliphatic carbocycles. The van der Waals surface area contributed by atoms with E-state index in [1.807, 2.05) is 18.3 Å². The minimum Gasteiger partial charge on any atom is -0.464 e. The average Bonchev–Trinajstić information content (AvgIpc) is 3.36. The van der Waals surface area contributed by atoms with E-state index in [1.54, 1.807) is 12.5 Å². The molecule has 0 unspecified atom stereocenters. The van der Waals surface area contributed by atoms with Crippen LogP contribution in [0.4, 0.5) is 0 Å². The average molecular weight is 360 g/mol. The number of hydrogen-bond acceptors (Lipinski definition) is 2. The molecule has 0 aliphatic heterocycles. The third-order valence-electron chi connectivity index (χ3n) is 5.38. The molecule has 0 saturated carbocycles. The zero-order valence-corrected chi connectivity index (χ0v) is 15.0. The van der Waals surface area contributed by atoms with Crippen LogP contribution in [0.15, 0.2) is 102 Å². The largest absolute Gasteiger partial charge is 0.464 e. The Labute approximate surface area is 161 Å². The maximum atomic E-state index is 5.85. The SMILES string of the molecule is c1cncc(-c2ccc(-n3c4ccccc4c4c5occc5ccc43)cc2)c1. The van der Waals surface area contributed by atoms with Crippen molar-refractivity contribution in [2.45, 2.75) is 0 Å². The molecule has 3 aromatic heterocycles. The van der Waals surface area contributed by atoms with Crippen molar-refractivity contribution in [2.24, 2.45) is 0 Å². The van der Waals surface area contributed by atoms with Crippen molar-refractivity contribution in [3.8, 4) is 16.8 Å². The lowest BCUT2D eigenvalue weighted by Crippen LogP contribution is -1.93. The summed E-state index contributed by atoms with van der Waals surface area (Å²) in [5, 5.41) is 3.49. The zero-order valence-electron chi connectivity index (χ0n) is 15.0. The molecule has 0 bridgehead atoms. The molecule has 0 aliphatic rings. The molecule has 3 heterocycles. The van der Waals surface area contributed by atoms with Crippen LogP contribution in [0.25, 0.3) is 49.6 Å². The second-order valence-electron chi connectivity index (χ2n) is 6.94. The van der Waals surface area contributed by atoms with Gasteiger partial charge >= 0.3 is 0 Å². The minimum atomic E-state index is 0.944. The Bertz CT molecular complexity index is 1440. The molecule has 0 radical (unpaired) electrons. The lowest BCUT2D eigenvalue weighted by atomic mass is 10.1. The van der Waals surface area contributed by atoms with Crippen LogP contribution in [0.5, 0.6) is 0 Å². The van der Waals surface area contributed by atoms with Crippen molar-refractivity contribution in [2.75, 3.05) is 0 Å². The fraction of sp³-hybridized carbons (Fsp3) is 0. The van der Waals surface area contributed by atoms with Crippen LogP contribution in [0.3, 0.4) is 0 Å². The molecule has 0 amide bonds. The predicted octanol–water partition coefficient (Wildman–Crippen LogP) is 6.59. The van der Waals surface area contributed by atoms with E-state index in [0.717, 1.165) is 38.7 Å². The fourth-order valence-corrected chi connectivity index (χ4v) is 4.09. The van der Waals surface area contributed by atoms with E-state index >= 15 is 0 Å². The van der Waals surface area contributed by atoms with Crippen molar-refractivity contribution in [1.82, 2.24) is 9.55 Å². The first-order chi connectivity index (χ1) is 13.9. The minimum absolute atomic E-state index is 0.944. The summed E-state index contributed by atoms with van der Waals surface area (Å²) in [4.78, 5) is 4.22. The smallest absolute Gasteiger partial charge is 0.143 e. The molecular formula is C25H16N2O. The van der Waals surface area contributed by atoms with Crippen LogP contribution >= 0.6 is 0 Å². The van der Waals surface area contributed by atoms with Crippen molar-refractivity contribution in [3.05, 3.63) is 97.5 Å². The van der Waals surface area contributed by atoms with Gasteiger partial charge < -0.3 is 8.98 Å². The maximum Gasteiger partial charge on any atom is 0.143 e. The summed E-state index contributed by atoms with van der Waals surface area (Å²) in [5.41, 5.74) is 6.68. The normalized spacial score (nSPS) is 11.6. The van der Waals surface area contributed by atoms with E-state index < -0.39 is 0 Å². The summed E-state index contributed by atoms with van der Waals surface area (Å²) in [6.07, 6.45) is 5.45. The maximum absolute atomic E-state index is 5.85. The van der Waals surface area contributed by atoms with Crippen LogP contribution < -0.4 is 0 Å². The topological polar surface area (TPSA) is 31.0 Å². The van der Waals surface area contributed by atoms with Gasteiger partial charge in [-0.2, -0.15) is 0 Å². The number of para-hydroxylation sites is 1. The van der Waals surface area contributed by atoms with Gasteiger partial charge in [-0.25, -0.2) is 0 Å². The highest BCUT2D eigenvalue weighted by atomic mass is 16.3. The number of rotatable bonds is 2. The predicted molar refractivity (Wildman–Crippen MR) is 114 cm³/mol. The van der Waals surface area contributed by atoms with E-state index in [4.69, 9.17) is 4.42 Å². The van der Waals surface area contributed by atoms with Crippen LogP contribution in [0, 0.1) is 0 Å². The molecule has 3 aromatic carbocycles. The summed E-state index contributed by atoms with van der Waals surface area (Å²) in [7, 11) is 0. The second-order valence-corrected chi connectivity index (χ2v) is 6.94. The van der Waals surface area contributed by atoms with Gasteiger partial charge in [-0.15, -0.1) is 0 Å². The molecule has 0 atom stereocenters. The van der Waals surface area contributed by atoms with E-state index in [2.05, 4.69) is 76.3 Å². The summed E-state index contributed by atoms with van der Waals surface area (Å²) in [6.45, 7) is 0. The summed E-state index contributed by atoms with van der Waals surface area (Å²) < 4.78 is 8.15. The van der Waals surface area contributed by atoms with Gasteiger partial charge in [0.15, 0.2) is 0 Å². The lowest BCUT2D eigenvalue weighted by molar-refractivity contribution is 0.619. The Kier molecular flexibility index (Phi) is 3.17. The number of pyridine rings is 1. The van der Waals surface area contributed by atoms with E-state index in [0.29, 0.717) is 0 Å². The van der Waals surface area contributed by atoms with Gasteiger partial charge in [0, 0.05) is 28.9 Å². The first-order valence-electron chi connectivity index (χ1n) is 9.30. The van der Waals surface area contributed by atoms with Gasteiger partial charge in [0.2, 0.25) is 0 Å². The van der Waals surface area contributed by atoms with E-state index in [1.165, 1.54) is 10.9 Å². The van der Waals surface area contributed by atoms with Gasteiger partial charge in [0.05, 0.1) is 22.7 Å². The highest BCUT2D eigenvalue weighted by Gasteiger charge is 2.15. The van der Waals surface area contributed by atoms with Crippen molar-refractivity contribution < 1.29 is 4.42 Å². The Morgan fingerprint density at radius 1 is 0.714 bits per heavy atom. The van der Waals surface area contributed by atoms with Gasteiger partial charge in [-0.1, -0.05) is 36.4 Å². The molecule has 6 aromatic rings. The number of nitrogens with zero attached hydrogens (tertiary/aromatic N) is 2. The quantitative estimate of drug-likeness (QED) is 0.349. The molecule has 0 N–H and O–H groups in total. The molecule has 3 nitrogen and oxygen atoms in total. The molecule has 0 fully saturated rings. The number of fused-ring (bicyclic) bond motifs is 5. The Hall–Kier alpha value is -3.85. The Morgan fingerprint density at radius 3 is 2.46 bits per heavy atom. The first kappa shape index (κ1) is 15.2. The van der Waals surface area contributed by atoms with Crippen LogP contribution in [-0.2, 0) is 0 Å². The van der Waals surface area contributed by atoms with Gasteiger partial charge in [-0.3, -0.25) is 4.98 Å². The number of benzene rings is 3. The third-order valence-corrected chi connectivity index (χ3v) is 5.38. The standard InChI is InChI=1S/C25H16N2O/c1-2-6-22-21(5-1)24-23(12-9-18-13-15-28-25(18)24)27(22)20-10-7-17(8-11-20)19-4-3-14-26-16-19/h1-16H. The zero-order chi connectivity index (χ0) is 18.5. The Morgan fingerprint density at radius 2 is 1.61 bits per heavy atom. The highest BCUT2D eigenvalue weighted by molar-refractivity contribution is 6.19. The van der Waals surface area contributed by atoms with Crippen LogP contribution in [-0.4, -0.2) is 9.55 Å². The highest BCUT2D eigenvalue weighted by Crippen LogP contribution is 2.37.